The number of carbonyl (C=O) groups excluding carboxylic acids is 1. The van der Waals surface area contributed by atoms with Gasteiger partial charge >= 0.3 is 5.97 Å². The van der Waals surface area contributed by atoms with Gasteiger partial charge in [0.1, 0.15) is 11.5 Å². The number of hydrogen-bond donors (Lipinski definition) is 2. The molecular weight excluding hydrogens is 564 g/mol. The predicted molar refractivity (Wildman–Crippen MR) is 161 cm³/mol. The molecular formula is C31H33ClN2O6S. The third kappa shape index (κ3) is 5.48. The van der Waals surface area contributed by atoms with Gasteiger partial charge in [-0.3, -0.25) is 0 Å². The van der Waals surface area contributed by atoms with E-state index >= 15 is 0 Å². The number of esters is 1. The topological polar surface area (TPSA) is 87.3 Å². The van der Waals surface area contributed by atoms with E-state index in [9.17, 15) is 4.79 Å². The molecule has 41 heavy (non-hydrogen) atoms. The highest BCUT2D eigenvalue weighted by molar-refractivity contribution is 7.80. The van der Waals surface area contributed by atoms with Gasteiger partial charge in [0.2, 0.25) is 5.75 Å². The first-order chi connectivity index (χ1) is 19.5. The standard InChI is InChI=1S/C31H33ClN2O6S/c1-17-23(39-28(35)18-13-24(36-4)27(38-6)25(14-18)37-5)12-11-20-21(19-9-7-8-10-22(19)32)15-31(40-26(17)20)16-30(2,3)33-29(41)34-31/h7-14,21H,15-16H2,1-6H3,(H2,33,34,41). The first-order valence-electron chi connectivity index (χ1n) is 13.2. The molecule has 3 aromatic rings. The van der Waals surface area contributed by atoms with Crippen molar-refractivity contribution in [3.05, 3.63) is 75.8 Å². The Kier molecular flexibility index (Phi) is 7.70. The largest absolute Gasteiger partial charge is 0.493 e. The molecule has 1 spiro atoms. The second-order valence-electron chi connectivity index (χ2n) is 10.9. The first-order valence-corrected chi connectivity index (χ1v) is 14.0. The number of hydrogen-bond acceptors (Lipinski definition) is 7. The molecule has 2 unspecified atom stereocenters. The molecule has 3 aromatic carbocycles. The summed E-state index contributed by atoms with van der Waals surface area (Å²) >= 11 is 12.3. The minimum absolute atomic E-state index is 0.0878. The molecule has 2 atom stereocenters. The van der Waals surface area contributed by atoms with Gasteiger partial charge in [-0.25, -0.2) is 4.79 Å². The molecule has 0 radical (unpaired) electrons. The predicted octanol–water partition coefficient (Wildman–Crippen LogP) is 6.15. The molecule has 0 aromatic heterocycles. The lowest BCUT2D eigenvalue weighted by molar-refractivity contribution is -0.0134. The summed E-state index contributed by atoms with van der Waals surface area (Å²) in [4.78, 5) is 13.4. The van der Waals surface area contributed by atoms with Gasteiger partial charge in [-0.15, -0.1) is 0 Å². The Morgan fingerprint density at radius 3 is 2.27 bits per heavy atom. The number of benzene rings is 3. The van der Waals surface area contributed by atoms with E-state index in [1.165, 1.54) is 21.3 Å². The van der Waals surface area contributed by atoms with Crippen LogP contribution < -0.4 is 34.3 Å². The maximum Gasteiger partial charge on any atom is 0.343 e. The van der Waals surface area contributed by atoms with Crippen LogP contribution in [0, 0.1) is 6.92 Å². The van der Waals surface area contributed by atoms with Gasteiger partial charge in [0.15, 0.2) is 22.3 Å². The number of methoxy groups -OCH3 is 3. The van der Waals surface area contributed by atoms with E-state index in [1.807, 2.05) is 37.3 Å². The van der Waals surface area contributed by atoms with Crippen LogP contribution in [0.5, 0.6) is 28.7 Å². The van der Waals surface area contributed by atoms with E-state index in [0.29, 0.717) is 57.3 Å². The lowest BCUT2D eigenvalue weighted by atomic mass is 9.76. The van der Waals surface area contributed by atoms with Crippen LogP contribution in [0.2, 0.25) is 5.02 Å². The third-order valence-electron chi connectivity index (χ3n) is 7.50. The highest BCUT2D eigenvalue weighted by Crippen LogP contribution is 2.51. The quantitative estimate of drug-likeness (QED) is 0.198. The number of thiocarbonyl (C=S) groups is 1. The molecule has 2 N–H and O–H groups in total. The maximum atomic E-state index is 13.4. The molecule has 0 aliphatic carbocycles. The first kappa shape index (κ1) is 28.8. The van der Waals surface area contributed by atoms with Crippen molar-refractivity contribution in [1.29, 1.82) is 0 Å². The molecule has 2 heterocycles. The van der Waals surface area contributed by atoms with E-state index in [1.54, 1.807) is 18.2 Å². The van der Waals surface area contributed by atoms with Gasteiger partial charge < -0.3 is 34.3 Å². The van der Waals surface area contributed by atoms with Crippen molar-refractivity contribution < 1.29 is 28.5 Å². The fourth-order valence-corrected chi connectivity index (χ4v) is 6.55. The van der Waals surface area contributed by atoms with Crippen molar-refractivity contribution in [2.45, 2.75) is 50.8 Å². The zero-order valence-electron chi connectivity index (χ0n) is 23.8. The molecule has 0 amide bonds. The van der Waals surface area contributed by atoms with E-state index in [2.05, 4.69) is 24.5 Å². The summed E-state index contributed by atoms with van der Waals surface area (Å²) in [6.07, 6.45) is 1.24. The lowest BCUT2D eigenvalue weighted by Gasteiger charge is -2.51. The molecule has 1 fully saturated rings. The van der Waals surface area contributed by atoms with Crippen LogP contribution in [0.4, 0.5) is 0 Å². The Balaban J connectivity index is 1.56. The molecule has 2 aliphatic rings. The number of halogens is 1. The van der Waals surface area contributed by atoms with E-state index < -0.39 is 11.7 Å². The summed E-state index contributed by atoms with van der Waals surface area (Å²) in [6.45, 7) is 6.06. The number of rotatable bonds is 6. The van der Waals surface area contributed by atoms with Crippen LogP contribution in [0.15, 0.2) is 48.5 Å². The van der Waals surface area contributed by atoms with Crippen LogP contribution >= 0.6 is 23.8 Å². The monoisotopic (exact) mass is 596 g/mol. The van der Waals surface area contributed by atoms with Gasteiger partial charge in [-0.05, 0) is 62.8 Å². The number of ether oxygens (including phenoxy) is 5. The van der Waals surface area contributed by atoms with E-state index in [4.69, 9.17) is 47.5 Å². The summed E-state index contributed by atoms with van der Waals surface area (Å²) in [5, 5.41) is 7.93. The van der Waals surface area contributed by atoms with Crippen LogP contribution in [0.3, 0.4) is 0 Å². The normalized spacial score (nSPS) is 20.7. The van der Waals surface area contributed by atoms with E-state index in [-0.39, 0.29) is 17.0 Å². The van der Waals surface area contributed by atoms with Crippen LogP contribution in [-0.4, -0.2) is 43.7 Å². The Morgan fingerprint density at radius 2 is 1.66 bits per heavy atom. The minimum Gasteiger partial charge on any atom is -0.493 e. The average molecular weight is 597 g/mol. The fourth-order valence-electron chi connectivity index (χ4n) is 5.82. The molecule has 10 heteroatoms. The maximum absolute atomic E-state index is 13.4. The number of nitrogens with one attached hydrogen (secondary N) is 2. The summed E-state index contributed by atoms with van der Waals surface area (Å²) < 4.78 is 28.9. The van der Waals surface area contributed by atoms with Crippen LogP contribution in [0.1, 0.15) is 59.7 Å². The Hall–Kier alpha value is -3.69. The Bertz CT molecular complexity index is 1500. The SMILES string of the molecule is COc1cc(C(=O)Oc2ccc3c(c2C)OC2(CC3c3ccccc3Cl)CC(C)(C)NC(=S)N2)cc(OC)c1OC. The summed E-state index contributed by atoms with van der Waals surface area (Å²) in [7, 11) is 4.48. The molecule has 1 saturated heterocycles. The fraction of sp³-hybridized carbons (Fsp3) is 0.355. The Labute approximate surface area is 250 Å². The molecule has 0 bridgehead atoms. The number of fused-ring (bicyclic) bond motifs is 1. The van der Waals surface area contributed by atoms with Crippen molar-refractivity contribution in [3.63, 3.8) is 0 Å². The number of carbonyl (C=O) groups is 1. The molecule has 8 nitrogen and oxygen atoms in total. The Morgan fingerprint density at radius 1 is 0.976 bits per heavy atom. The van der Waals surface area contributed by atoms with Gasteiger partial charge in [0.25, 0.3) is 0 Å². The second kappa shape index (κ2) is 10.9. The highest BCUT2D eigenvalue weighted by atomic mass is 35.5. The minimum atomic E-state index is -0.799. The summed E-state index contributed by atoms with van der Waals surface area (Å²) in [5.41, 5.74) is 1.77. The van der Waals surface area contributed by atoms with Gasteiger partial charge in [-0.1, -0.05) is 35.9 Å². The summed E-state index contributed by atoms with van der Waals surface area (Å²) in [5.74, 6) is 1.42. The van der Waals surface area contributed by atoms with Crippen molar-refractivity contribution in [3.8, 4) is 28.7 Å². The third-order valence-corrected chi connectivity index (χ3v) is 8.05. The van der Waals surface area contributed by atoms with Crippen LogP contribution in [-0.2, 0) is 0 Å². The van der Waals surface area contributed by atoms with Gasteiger partial charge in [0.05, 0.1) is 26.9 Å². The molecule has 0 saturated carbocycles. The second-order valence-corrected chi connectivity index (χ2v) is 11.7. The average Bonchev–Trinajstić information content (AvgIpc) is 2.92. The van der Waals surface area contributed by atoms with Crippen molar-refractivity contribution in [2.75, 3.05) is 21.3 Å². The van der Waals surface area contributed by atoms with Crippen LogP contribution in [0.25, 0.3) is 0 Å². The summed E-state index contributed by atoms with van der Waals surface area (Å²) in [6, 6.07) is 14.7. The van der Waals surface area contributed by atoms with Crippen molar-refractivity contribution >= 4 is 34.9 Å². The zero-order chi connectivity index (χ0) is 29.5. The van der Waals surface area contributed by atoms with Gasteiger partial charge in [-0.2, -0.15) is 0 Å². The highest BCUT2D eigenvalue weighted by Gasteiger charge is 2.49. The van der Waals surface area contributed by atoms with E-state index in [0.717, 1.165) is 11.1 Å². The van der Waals surface area contributed by atoms with Gasteiger partial charge in [0, 0.05) is 40.4 Å². The molecule has 5 rings (SSSR count). The molecule has 2 aliphatic heterocycles. The smallest absolute Gasteiger partial charge is 0.343 e. The zero-order valence-corrected chi connectivity index (χ0v) is 25.4. The van der Waals surface area contributed by atoms with Crippen molar-refractivity contribution in [2.24, 2.45) is 0 Å². The lowest BCUT2D eigenvalue weighted by Crippen LogP contribution is -2.69. The molecule has 216 valence electrons. The van der Waals surface area contributed by atoms with Crippen molar-refractivity contribution in [1.82, 2.24) is 10.6 Å².